The van der Waals surface area contributed by atoms with Gasteiger partial charge in [0, 0.05) is 13.1 Å². The summed E-state index contributed by atoms with van der Waals surface area (Å²) in [6, 6.07) is 0. The van der Waals surface area contributed by atoms with Crippen molar-refractivity contribution in [3.05, 3.63) is 0 Å². The number of piperidine rings is 1. The molecule has 0 saturated carbocycles. The van der Waals surface area contributed by atoms with Gasteiger partial charge in [-0.25, -0.2) is 12.7 Å². The lowest BCUT2D eigenvalue weighted by Crippen LogP contribution is -2.41. The fraction of sp³-hybridized carbons (Fsp3) is 1.00. The molecule has 2 aliphatic heterocycles. The van der Waals surface area contributed by atoms with Crippen LogP contribution in [0.5, 0.6) is 0 Å². The minimum atomic E-state index is -2.95. The van der Waals surface area contributed by atoms with E-state index in [0.717, 1.165) is 50.9 Å². The van der Waals surface area contributed by atoms with Crippen LogP contribution < -0.4 is 5.32 Å². The fourth-order valence-corrected chi connectivity index (χ4v) is 4.02. The topological polar surface area (TPSA) is 49.4 Å². The van der Waals surface area contributed by atoms with Gasteiger partial charge in [0.15, 0.2) is 0 Å². The van der Waals surface area contributed by atoms with Gasteiger partial charge >= 0.3 is 0 Å². The molecule has 1 N–H and O–H groups in total. The first-order chi connectivity index (χ1) is 7.63. The molecule has 2 rings (SSSR count). The normalized spacial score (nSPS) is 29.7. The van der Waals surface area contributed by atoms with Crippen LogP contribution in [0.1, 0.15) is 26.2 Å². The average molecular weight is 246 g/mol. The van der Waals surface area contributed by atoms with Crippen molar-refractivity contribution in [2.75, 3.05) is 31.9 Å². The number of hydrogen-bond acceptors (Lipinski definition) is 3. The monoisotopic (exact) mass is 246 g/mol. The molecule has 0 amide bonds. The van der Waals surface area contributed by atoms with Crippen LogP contribution in [0.15, 0.2) is 0 Å². The van der Waals surface area contributed by atoms with Crippen molar-refractivity contribution >= 4 is 10.0 Å². The van der Waals surface area contributed by atoms with Crippen LogP contribution in [-0.4, -0.2) is 44.7 Å². The Morgan fingerprint density at radius 1 is 1.19 bits per heavy atom. The summed E-state index contributed by atoms with van der Waals surface area (Å²) in [6.45, 7) is 5.46. The highest BCUT2D eigenvalue weighted by atomic mass is 32.2. The van der Waals surface area contributed by atoms with Crippen LogP contribution in [0.3, 0.4) is 0 Å². The van der Waals surface area contributed by atoms with Crippen LogP contribution in [0.25, 0.3) is 0 Å². The van der Waals surface area contributed by atoms with Crippen LogP contribution in [0, 0.1) is 11.8 Å². The van der Waals surface area contributed by atoms with Gasteiger partial charge in [0.05, 0.1) is 5.75 Å². The van der Waals surface area contributed by atoms with Crippen molar-refractivity contribution in [1.82, 2.24) is 9.62 Å². The lowest BCUT2D eigenvalue weighted by Gasteiger charge is -2.33. The predicted molar refractivity (Wildman–Crippen MR) is 64.7 cm³/mol. The Hall–Kier alpha value is -0.130. The molecule has 94 valence electrons. The SMILES string of the molecule is CCS(=O)(=O)N1CCC(C2CCNC2)CC1. The second kappa shape index (κ2) is 5.02. The first-order valence-electron chi connectivity index (χ1n) is 6.32. The van der Waals surface area contributed by atoms with Crippen molar-refractivity contribution in [1.29, 1.82) is 0 Å². The molecule has 0 aliphatic carbocycles. The van der Waals surface area contributed by atoms with E-state index in [1.807, 2.05) is 0 Å². The van der Waals surface area contributed by atoms with Gasteiger partial charge in [-0.2, -0.15) is 0 Å². The lowest BCUT2D eigenvalue weighted by atomic mass is 9.84. The second-order valence-electron chi connectivity index (χ2n) is 4.89. The molecule has 0 spiro atoms. The largest absolute Gasteiger partial charge is 0.316 e. The minimum Gasteiger partial charge on any atom is -0.316 e. The van der Waals surface area contributed by atoms with E-state index in [9.17, 15) is 8.42 Å². The molecule has 0 aromatic heterocycles. The van der Waals surface area contributed by atoms with E-state index in [0.29, 0.717) is 0 Å². The summed E-state index contributed by atoms with van der Waals surface area (Å²) in [7, 11) is -2.95. The zero-order valence-corrected chi connectivity index (χ0v) is 10.8. The van der Waals surface area contributed by atoms with Gasteiger partial charge in [-0.3, -0.25) is 0 Å². The summed E-state index contributed by atoms with van der Waals surface area (Å²) in [4.78, 5) is 0. The van der Waals surface area contributed by atoms with Crippen molar-refractivity contribution in [2.24, 2.45) is 11.8 Å². The molecule has 1 unspecified atom stereocenters. The molecular formula is C11H22N2O2S. The fourth-order valence-electron chi connectivity index (χ4n) is 2.89. The average Bonchev–Trinajstić information content (AvgIpc) is 2.83. The maximum Gasteiger partial charge on any atom is 0.213 e. The van der Waals surface area contributed by atoms with E-state index in [1.54, 1.807) is 11.2 Å². The number of rotatable bonds is 3. The Kier molecular flexibility index (Phi) is 3.87. The highest BCUT2D eigenvalue weighted by Gasteiger charge is 2.31. The van der Waals surface area contributed by atoms with Crippen LogP contribution in [0.2, 0.25) is 0 Å². The van der Waals surface area contributed by atoms with Gasteiger partial charge in [-0.1, -0.05) is 0 Å². The van der Waals surface area contributed by atoms with Crippen LogP contribution >= 0.6 is 0 Å². The van der Waals surface area contributed by atoms with Gasteiger partial charge in [-0.05, 0) is 51.1 Å². The molecule has 2 aliphatic rings. The number of nitrogens with one attached hydrogen (secondary N) is 1. The molecular weight excluding hydrogens is 224 g/mol. The van der Waals surface area contributed by atoms with Crippen molar-refractivity contribution in [3.63, 3.8) is 0 Å². The third-order valence-electron chi connectivity index (χ3n) is 4.02. The summed E-state index contributed by atoms with van der Waals surface area (Å²) in [5, 5.41) is 3.39. The third kappa shape index (κ3) is 2.57. The van der Waals surface area contributed by atoms with Gasteiger partial charge in [0.1, 0.15) is 0 Å². The molecule has 0 bridgehead atoms. The maximum absolute atomic E-state index is 11.7. The molecule has 2 fully saturated rings. The van der Waals surface area contributed by atoms with Crippen LogP contribution in [0.4, 0.5) is 0 Å². The lowest BCUT2D eigenvalue weighted by molar-refractivity contribution is 0.217. The molecule has 2 heterocycles. The minimum absolute atomic E-state index is 0.239. The van der Waals surface area contributed by atoms with E-state index < -0.39 is 10.0 Å². The Balaban J connectivity index is 1.87. The summed E-state index contributed by atoms with van der Waals surface area (Å²) < 4.78 is 25.1. The second-order valence-corrected chi connectivity index (χ2v) is 7.15. The molecule has 0 radical (unpaired) electrons. The summed E-state index contributed by atoms with van der Waals surface area (Å²) in [5.41, 5.74) is 0. The molecule has 4 nitrogen and oxygen atoms in total. The zero-order valence-electron chi connectivity index (χ0n) is 9.98. The quantitative estimate of drug-likeness (QED) is 0.796. The Bertz CT molecular complexity index is 315. The van der Waals surface area contributed by atoms with Gasteiger partial charge in [-0.15, -0.1) is 0 Å². The van der Waals surface area contributed by atoms with Crippen molar-refractivity contribution in [3.8, 4) is 0 Å². The maximum atomic E-state index is 11.7. The Morgan fingerprint density at radius 2 is 1.88 bits per heavy atom. The Labute approximate surface area is 98.4 Å². The molecule has 0 aromatic carbocycles. The van der Waals surface area contributed by atoms with E-state index in [4.69, 9.17) is 0 Å². The zero-order chi connectivity index (χ0) is 11.6. The summed E-state index contributed by atoms with van der Waals surface area (Å²) >= 11 is 0. The van der Waals surface area contributed by atoms with Crippen molar-refractivity contribution in [2.45, 2.75) is 26.2 Å². The first-order valence-corrected chi connectivity index (χ1v) is 7.93. The predicted octanol–water partition coefficient (Wildman–Crippen LogP) is 0.658. The highest BCUT2D eigenvalue weighted by molar-refractivity contribution is 7.89. The molecule has 0 aromatic rings. The smallest absolute Gasteiger partial charge is 0.213 e. The van der Waals surface area contributed by atoms with Crippen LogP contribution in [-0.2, 0) is 10.0 Å². The molecule has 2 saturated heterocycles. The Morgan fingerprint density at radius 3 is 2.38 bits per heavy atom. The summed E-state index contributed by atoms with van der Waals surface area (Å²) in [5.74, 6) is 1.76. The number of hydrogen-bond donors (Lipinski definition) is 1. The standard InChI is InChI=1S/C11H22N2O2S/c1-2-16(14,15)13-7-4-10(5-8-13)11-3-6-12-9-11/h10-12H,2-9H2,1H3. The third-order valence-corrected chi connectivity index (χ3v) is 5.90. The number of nitrogens with zero attached hydrogens (tertiary/aromatic N) is 1. The number of sulfonamides is 1. The van der Waals surface area contributed by atoms with Gasteiger partial charge in [0.25, 0.3) is 0 Å². The highest BCUT2D eigenvalue weighted by Crippen LogP contribution is 2.29. The summed E-state index contributed by atoms with van der Waals surface area (Å²) in [6.07, 6.45) is 3.36. The van der Waals surface area contributed by atoms with E-state index in [-0.39, 0.29) is 5.75 Å². The van der Waals surface area contributed by atoms with Gasteiger partial charge in [0.2, 0.25) is 10.0 Å². The molecule has 5 heteroatoms. The first kappa shape index (κ1) is 12.3. The van der Waals surface area contributed by atoms with E-state index >= 15 is 0 Å². The molecule has 1 atom stereocenters. The van der Waals surface area contributed by atoms with Gasteiger partial charge < -0.3 is 5.32 Å². The van der Waals surface area contributed by atoms with Crippen molar-refractivity contribution < 1.29 is 8.42 Å². The van der Waals surface area contributed by atoms with E-state index in [1.165, 1.54) is 6.42 Å². The molecule has 16 heavy (non-hydrogen) atoms. The van der Waals surface area contributed by atoms with E-state index in [2.05, 4.69) is 5.32 Å².